The van der Waals surface area contributed by atoms with Crippen LogP contribution in [0.25, 0.3) is 0 Å². The van der Waals surface area contributed by atoms with Crippen LogP contribution in [0.4, 0.5) is 10.8 Å². The number of carbonyl (C=O) groups is 2. The summed E-state index contributed by atoms with van der Waals surface area (Å²) in [6.45, 7) is 1.30. The number of thiazole rings is 1. The van der Waals surface area contributed by atoms with Crippen LogP contribution in [0.2, 0.25) is 0 Å². The molecule has 152 valence electrons. The summed E-state index contributed by atoms with van der Waals surface area (Å²) in [7, 11) is -2.41. The van der Waals surface area contributed by atoms with Gasteiger partial charge in [-0.25, -0.2) is 23.3 Å². The fourth-order valence-corrected chi connectivity index (χ4v) is 4.03. The average molecular weight is 434 g/mol. The number of hydrogen-bond donors (Lipinski definition) is 1. The first-order valence-corrected chi connectivity index (χ1v) is 10.8. The van der Waals surface area contributed by atoms with Gasteiger partial charge < -0.3 is 9.30 Å². The van der Waals surface area contributed by atoms with E-state index in [-0.39, 0.29) is 23.1 Å². The Bertz CT molecular complexity index is 1150. The smallest absolute Gasteiger partial charge is 0.355 e. The van der Waals surface area contributed by atoms with E-state index >= 15 is 0 Å². The minimum absolute atomic E-state index is 0.0409. The molecule has 2 heterocycles. The first-order valence-electron chi connectivity index (χ1n) is 8.33. The van der Waals surface area contributed by atoms with Gasteiger partial charge in [-0.1, -0.05) is 18.2 Å². The molecule has 1 amide bonds. The highest BCUT2D eigenvalue weighted by atomic mass is 32.2. The highest BCUT2D eigenvalue weighted by Crippen LogP contribution is 2.29. The Hall–Kier alpha value is -3.02. The van der Waals surface area contributed by atoms with Gasteiger partial charge in [0.05, 0.1) is 11.4 Å². The average Bonchev–Trinajstić information content (AvgIpc) is 3.27. The van der Waals surface area contributed by atoms with Gasteiger partial charge in [-0.3, -0.25) is 9.69 Å². The van der Waals surface area contributed by atoms with Crippen molar-refractivity contribution in [2.45, 2.75) is 18.4 Å². The summed E-state index contributed by atoms with van der Waals surface area (Å²) in [6, 6.07) is 10.2. The second-order valence-electron chi connectivity index (χ2n) is 6.10. The van der Waals surface area contributed by atoms with E-state index in [1.165, 1.54) is 41.0 Å². The number of carbonyl (C=O) groups excluding carboxylic acids is 2. The lowest BCUT2D eigenvalue weighted by Gasteiger charge is -2.17. The van der Waals surface area contributed by atoms with Crippen LogP contribution in [-0.2, 0) is 33.2 Å². The second kappa shape index (κ2) is 8.15. The number of nitrogens with zero attached hydrogens (tertiary/aromatic N) is 3. The normalized spacial score (nSPS) is 11.3. The van der Waals surface area contributed by atoms with Crippen LogP contribution >= 0.6 is 11.3 Å². The lowest BCUT2D eigenvalue weighted by atomic mass is 10.3. The Morgan fingerprint density at radius 3 is 2.55 bits per heavy atom. The highest BCUT2D eigenvalue weighted by Gasteiger charge is 2.20. The number of anilines is 2. The van der Waals surface area contributed by atoms with Crippen molar-refractivity contribution in [2.75, 3.05) is 4.90 Å². The number of ether oxygens (including phenoxy) is 1. The molecular formula is C18H18N4O5S2. The Kier molecular flexibility index (Phi) is 5.82. The van der Waals surface area contributed by atoms with Gasteiger partial charge in [0.25, 0.3) is 0 Å². The Labute approximate surface area is 171 Å². The Balaban J connectivity index is 1.73. The second-order valence-corrected chi connectivity index (χ2v) is 8.50. The minimum Gasteiger partial charge on any atom is -0.454 e. The molecule has 0 aliphatic carbocycles. The summed E-state index contributed by atoms with van der Waals surface area (Å²) < 4.78 is 29.4. The van der Waals surface area contributed by atoms with Crippen molar-refractivity contribution in [1.29, 1.82) is 0 Å². The van der Waals surface area contributed by atoms with Gasteiger partial charge in [-0.05, 0) is 18.2 Å². The van der Waals surface area contributed by atoms with Crippen molar-refractivity contribution in [3.8, 4) is 0 Å². The molecule has 11 heteroatoms. The summed E-state index contributed by atoms with van der Waals surface area (Å²) in [5, 5.41) is 7.21. The predicted octanol–water partition coefficient (Wildman–Crippen LogP) is 2.17. The number of benzene rings is 1. The fourth-order valence-electron chi connectivity index (χ4n) is 2.58. The van der Waals surface area contributed by atoms with Crippen molar-refractivity contribution in [3.63, 3.8) is 0 Å². The van der Waals surface area contributed by atoms with E-state index in [0.717, 1.165) is 6.07 Å². The van der Waals surface area contributed by atoms with Crippen molar-refractivity contribution < 1.29 is 22.7 Å². The number of aryl methyl sites for hydroxylation is 1. The number of hydrogen-bond acceptors (Lipinski definition) is 7. The van der Waals surface area contributed by atoms with Crippen LogP contribution in [-0.4, -0.2) is 29.8 Å². The van der Waals surface area contributed by atoms with Crippen LogP contribution in [0.1, 0.15) is 23.1 Å². The number of sulfonamides is 1. The van der Waals surface area contributed by atoms with E-state index in [1.54, 1.807) is 17.5 Å². The molecule has 0 saturated carbocycles. The van der Waals surface area contributed by atoms with E-state index in [9.17, 15) is 18.0 Å². The lowest BCUT2D eigenvalue weighted by Crippen LogP contribution is -2.22. The van der Waals surface area contributed by atoms with Gasteiger partial charge in [0.15, 0.2) is 5.13 Å². The molecule has 2 N–H and O–H groups in total. The molecule has 9 nitrogen and oxygen atoms in total. The summed E-state index contributed by atoms with van der Waals surface area (Å²) in [6.07, 6.45) is 1.23. The number of nitrogens with two attached hydrogens (primary N) is 1. The predicted molar refractivity (Wildman–Crippen MR) is 107 cm³/mol. The first-order chi connectivity index (χ1) is 13.7. The zero-order valence-corrected chi connectivity index (χ0v) is 17.2. The molecule has 0 aliphatic rings. The molecule has 0 saturated heterocycles. The van der Waals surface area contributed by atoms with Gasteiger partial charge in [-0.2, -0.15) is 0 Å². The third kappa shape index (κ3) is 4.70. The summed E-state index contributed by atoms with van der Waals surface area (Å²) in [5.74, 6) is -0.920. The van der Waals surface area contributed by atoms with Crippen molar-refractivity contribution in [2.24, 2.45) is 12.2 Å². The molecule has 0 atom stereocenters. The topological polar surface area (TPSA) is 125 Å². The molecule has 1 aromatic carbocycles. The SMILES string of the molecule is CC(=O)N(c1ccccc1)c1nc(COC(=O)c2cc(S(N)(=O)=O)cn2C)cs1. The van der Waals surface area contributed by atoms with Crippen LogP contribution in [0.3, 0.4) is 0 Å². The van der Waals surface area contributed by atoms with Crippen LogP contribution in [0.15, 0.2) is 52.9 Å². The molecule has 0 radical (unpaired) electrons. The van der Waals surface area contributed by atoms with Crippen LogP contribution in [0.5, 0.6) is 0 Å². The largest absolute Gasteiger partial charge is 0.454 e. The van der Waals surface area contributed by atoms with Gasteiger partial charge in [0.1, 0.15) is 17.2 Å². The maximum absolute atomic E-state index is 12.3. The van der Waals surface area contributed by atoms with Crippen molar-refractivity contribution >= 4 is 44.1 Å². The third-order valence-corrected chi connectivity index (χ3v) is 5.68. The fraction of sp³-hybridized carbons (Fsp3) is 0.167. The van der Waals surface area contributed by atoms with Crippen LogP contribution in [0, 0.1) is 0 Å². The minimum atomic E-state index is -3.92. The monoisotopic (exact) mass is 434 g/mol. The van der Waals surface area contributed by atoms with Gasteiger partial charge >= 0.3 is 5.97 Å². The molecule has 2 aromatic heterocycles. The van der Waals surface area contributed by atoms with E-state index in [4.69, 9.17) is 9.88 Å². The summed E-state index contributed by atoms with van der Waals surface area (Å²) >= 11 is 1.24. The van der Waals surface area contributed by atoms with E-state index in [1.807, 2.05) is 18.2 Å². The molecule has 0 aliphatic heterocycles. The number of aromatic nitrogens is 2. The molecular weight excluding hydrogens is 416 g/mol. The standard InChI is InChI=1S/C18H18N4O5S2/c1-12(23)22(14-6-4-3-5-7-14)18-20-13(11-28-18)10-27-17(24)16-8-15(9-21(16)2)29(19,25)26/h3-9,11H,10H2,1-2H3,(H2,19,25,26). The van der Waals surface area contributed by atoms with Gasteiger partial charge in [0, 0.05) is 25.5 Å². The van der Waals surface area contributed by atoms with Crippen molar-refractivity contribution in [1.82, 2.24) is 9.55 Å². The van der Waals surface area contributed by atoms with Gasteiger partial charge in [-0.15, -0.1) is 11.3 Å². The first kappa shape index (κ1) is 20.7. The Morgan fingerprint density at radius 1 is 1.28 bits per heavy atom. The molecule has 3 rings (SSSR count). The number of amides is 1. The number of esters is 1. The zero-order chi connectivity index (χ0) is 21.2. The maximum atomic E-state index is 12.3. The summed E-state index contributed by atoms with van der Waals surface area (Å²) in [5.41, 5.74) is 1.18. The number of para-hydroxylation sites is 1. The molecule has 0 unspecified atom stereocenters. The number of rotatable bonds is 6. The van der Waals surface area contributed by atoms with E-state index in [2.05, 4.69) is 4.98 Å². The quantitative estimate of drug-likeness (QED) is 0.593. The summed E-state index contributed by atoms with van der Waals surface area (Å²) in [4.78, 5) is 30.0. The van der Waals surface area contributed by atoms with Crippen LogP contribution < -0.4 is 10.0 Å². The molecule has 0 bridgehead atoms. The Morgan fingerprint density at radius 2 is 1.97 bits per heavy atom. The lowest BCUT2D eigenvalue weighted by molar-refractivity contribution is -0.115. The van der Waals surface area contributed by atoms with E-state index < -0.39 is 16.0 Å². The maximum Gasteiger partial charge on any atom is 0.355 e. The molecule has 0 spiro atoms. The van der Waals surface area contributed by atoms with Crippen molar-refractivity contribution in [3.05, 3.63) is 59.4 Å². The van der Waals surface area contributed by atoms with E-state index in [0.29, 0.717) is 16.5 Å². The molecule has 3 aromatic rings. The van der Waals surface area contributed by atoms with Gasteiger partial charge in [0.2, 0.25) is 15.9 Å². The third-order valence-electron chi connectivity index (χ3n) is 3.93. The highest BCUT2D eigenvalue weighted by molar-refractivity contribution is 7.89. The molecule has 29 heavy (non-hydrogen) atoms. The number of primary sulfonamides is 1. The zero-order valence-electron chi connectivity index (χ0n) is 15.6. The molecule has 0 fully saturated rings.